The Labute approximate surface area is 200 Å². The number of nitrogens with zero attached hydrogens (tertiary/aromatic N) is 3. The van der Waals surface area contributed by atoms with Gasteiger partial charge in [-0.15, -0.1) is 0 Å². The largest absolute Gasteiger partial charge is 0.340 e. The fourth-order valence-electron chi connectivity index (χ4n) is 4.19. The van der Waals surface area contributed by atoms with Crippen molar-refractivity contribution in [2.75, 3.05) is 38.1 Å². The number of hydrogen-bond acceptors (Lipinski definition) is 3. The number of piperazine rings is 1. The molecule has 3 aromatic rings. The van der Waals surface area contributed by atoms with Crippen LogP contribution in [0.4, 0.5) is 10.1 Å². The lowest BCUT2D eigenvalue weighted by Gasteiger charge is -2.32. The number of anilines is 1. The van der Waals surface area contributed by atoms with Gasteiger partial charge in [-0.2, -0.15) is 0 Å². The Morgan fingerprint density at radius 3 is 2.26 bits per heavy atom. The van der Waals surface area contributed by atoms with Crippen LogP contribution in [0, 0.1) is 12.7 Å². The van der Waals surface area contributed by atoms with Crippen LogP contribution in [-0.4, -0.2) is 54.8 Å². The summed E-state index contributed by atoms with van der Waals surface area (Å²) in [7, 11) is 2.06. The highest BCUT2D eigenvalue weighted by atomic mass is 19.1. The number of carbonyl (C=O) groups excluding carboxylic acids is 2. The summed E-state index contributed by atoms with van der Waals surface area (Å²) in [5.41, 5.74) is 3.80. The van der Waals surface area contributed by atoms with Gasteiger partial charge in [-0.25, -0.2) is 4.39 Å². The molecule has 0 spiro atoms. The third kappa shape index (κ3) is 5.69. The first-order valence-corrected chi connectivity index (χ1v) is 11.6. The lowest BCUT2D eigenvalue weighted by Crippen LogP contribution is -2.47. The molecule has 1 heterocycles. The van der Waals surface area contributed by atoms with Crippen LogP contribution in [0.1, 0.15) is 27.0 Å². The fraction of sp³-hybridized carbons (Fsp3) is 0.286. The number of amides is 2. The molecule has 1 aliphatic heterocycles. The summed E-state index contributed by atoms with van der Waals surface area (Å²) in [5, 5.41) is 0. The number of likely N-dealkylation sites (N-methyl/N-ethyl adjacent to an activating group) is 1. The zero-order valence-corrected chi connectivity index (χ0v) is 19.7. The van der Waals surface area contributed by atoms with E-state index >= 15 is 0 Å². The van der Waals surface area contributed by atoms with E-state index in [1.165, 1.54) is 12.1 Å². The Morgan fingerprint density at radius 1 is 0.882 bits per heavy atom. The van der Waals surface area contributed by atoms with Gasteiger partial charge < -0.3 is 14.7 Å². The molecular weight excluding hydrogens is 429 g/mol. The summed E-state index contributed by atoms with van der Waals surface area (Å²) in [4.78, 5) is 32.0. The number of halogens is 1. The van der Waals surface area contributed by atoms with Crippen LogP contribution in [0.15, 0.2) is 72.8 Å². The lowest BCUT2D eigenvalue weighted by atomic mass is 10.1. The first-order valence-electron chi connectivity index (χ1n) is 11.6. The summed E-state index contributed by atoms with van der Waals surface area (Å²) >= 11 is 0. The van der Waals surface area contributed by atoms with Crippen molar-refractivity contribution < 1.29 is 14.0 Å². The molecule has 0 aliphatic carbocycles. The average molecular weight is 460 g/mol. The van der Waals surface area contributed by atoms with Crippen molar-refractivity contribution in [1.29, 1.82) is 0 Å². The normalized spacial score (nSPS) is 14.1. The van der Waals surface area contributed by atoms with E-state index in [0.29, 0.717) is 23.2 Å². The van der Waals surface area contributed by atoms with Gasteiger partial charge in [0.25, 0.3) is 5.91 Å². The molecule has 0 unspecified atom stereocenters. The van der Waals surface area contributed by atoms with Crippen LogP contribution in [-0.2, 0) is 17.8 Å². The maximum atomic E-state index is 13.8. The Balaban J connectivity index is 1.55. The third-order valence-electron chi connectivity index (χ3n) is 6.31. The Kier molecular flexibility index (Phi) is 7.38. The number of rotatable bonds is 6. The maximum absolute atomic E-state index is 13.8. The second-order valence-corrected chi connectivity index (χ2v) is 8.86. The van der Waals surface area contributed by atoms with Gasteiger partial charge in [-0.1, -0.05) is 42.5 Å². The number of hydrogen-bond donors (Lipinski definition) is 0. The van der Waals surface area contributed by atoms with Crippen LogP contribution in [0.25, 0.3) is 0 Å². The lowest BCUT2D eigenvalue weighted by molar-refractivity contribution is -0.132. The molecule has 0 radical (unpaired) electrons. The second-order valence-electron chi connectivity index (χ2n) is 8.86. The van der Waals surface area contributed by atoms with Crippen molar-refractivity contribution in [3.8, 4) is 0 Å². The van der Waals surface area contributed by atoms with Crippen LogP contribution in [0.3, 0.4) is 0 Å². The van der Waals surface area contributed by atoms with E-state index < -0.39 is 0 Å². The van der Waals surface area contributed by atoms with Gasteiger partial charge in [-0.3, -0.25) is 9.59 Å². The minimum absolute atomic E-state index is 0.119. The topological polar surface area (TPSA) is 43.9 Å². The van der Waals surface area contributed by atoms with Gasteiger partial charge in [0.05, 0.1) is 13.0 Å². The van der Waals surface area contributed by atoms with Crippen molar-refractivity contribution in [3.05, 3.63) is 101 Å². The van der Waals surface area contributed by atoms with Gasteiger partial charge in [-0.05, 0) is 61.0 Å². The molecule has 2 amide bonds. The zero-order chi connectivity index (χ0) is 24.1. The van der Waals surface area contributed by atoms with Gasteiger partial charge in [0.1, 0.15) is 5.82 Å². The summed E-state index contributed by atoms with van der Waals surface area (Å²) in [6, 6.07) is 21.3. The Morgan fingerprint density at radius 2 is 1.59 bits per heavy atom. The van der Waals surface area contributed by atoms with E-state index in [9.17, 15) is 14.0 Å². The van der Waals surface area contributed by atoms with Crippen LogP contribution >= 0.6 is 0 Å². The highest BCUT2D eigenvalue weighted by molar-refractivity contribution is 6.07. The molecule has 1 aliphatic rings. The van der Waals surface area contributed by atoms with Crippen molar-refractivity contribution >= 4 is 17.5 Å². The maximum Gasteiger partial charge on any atom is 0.258 e. The molecule has 0 saturated carbocycles. The van der Waals surface area contributed by atoms with Gasteiger partial charge in [0, 0.05) is 37.4 Å². The third-order valence-corrected chi connectivity index (χ3v) is 6.31. The Bertz CT molecular complexity index is 1150. The Hall–Kier alpha value is -3.51. The van der Waals surface area contributed by atoms with Crippen LogP contribution in [0.5, 0.6) is 0 Å². The van der Waals surface area contributed by atoms with Gasteiger partial charge in [0.15, 0.2) is 0 Å². The molecule has 1 fully saturated rings. The highest BCUT2D eigenvalue weighted by Gasteiger charge is 2.21. The van der Waals surface area contributed by atoms with E-state index in [2.05, 4.69) is 11.9 Å². The van der Waals surface area contributed by atoms with Crippen LogP contribution in [0.2, 0.25) is 0 Å². The van der Waals surface area contributed by atoms with E-state index in [-0.39, 0.29) is 24.2 Å². The summed E-state index contributed by atoms with van der Waals surface area (Å²) in [6.07, 6.45) is 0.333. The average Bonchev–Trinajstić information content (AvgIpc) is 2.83. The van der Waals surface area contributed by atoms with Crippen molar-refractivity contribution in [1.82, 2.24) is 9.80 Å². The van der Waals surface area contributed by atoms with E-state index in [1.807, 2.05) is 60.4 Å². The molecule has 5 nitrogen and oxygen atoms in total. The molecule has 0 N–H and O–H groups in total. The molecular formula is C28H30FN3O2. The molecule has 6 heteroatoms. The van der Waals surface area contributed by atoms with Crippen molar-refractivity contribution in [2.24, 2.45) is 0 Å². The first kappa shape index (κ1) is 23.6. The van der Waals surface area contributed by atoms with Gasteiger partial charge in [0.2, 0.25) is 5.91 Å². The minimum Gasteiger partial charge on any atom is -0.340 e. The molecule has 176 valence electrons. The zero-order valence-electron chi connectivity index (χ0n) is 19.7. The molecule has 0 aromatic heterocycles. The SMILES string of the molecule is Cc1ccccc1C(=O)N(Cc1cccc(F)c1)c1ccc(CC(=O)N2CCN(C)CC2)cc1. The molecule has 4 rings (SSSR count). The standard InChI is InChI=1S/C28H30FN3O2/c1-21-6-3-4-9-26(21)28(34)32(20-23-7-5-8-24(29)18-23)25-12-10-22(11-13-25)19-27(33)31-16-14-30(2)15-17-31/h3-13,18H,14-17,19-20H2,1-2H3. The molecule has 1 saturated heterocycles. The predicted octanol–water partition coefficient (Wildman–Crippen LogP) is 4.30. The quantitative estimate of drug-likeness (QED) is 0.552. The second kappa shape index (κ2) is 10.6. The van der Waals surface area contributed by atoms with Gasteiger partial charge >= 0.3 is 0 Å². The van der Waals surface area contributed by atoms with Crippen molar-refractivity contribution in [2.45, 2.75) is 19.9 Å². The minimum atomic E-state index is -0.335. The van der Waals surface area contributed by atoms with Crippen molar-refractivity contribution in [3.63, 3.8) is 0 Å². The van der Waals surface area contributed by atoms with E-state index in [4.69, 9.17) is 0 Å². The first-order chi connectivity index (χ1) is 16.4. The monoisotopic (exact) mass is 459 g/mol. The smallest absolute Gasteiger partial charge is 0.258 e. The molecule has 34 heavy (non-hydrogen) atoms. The predicted molar refractivity (Wildman–Crippen MR) is 132 cm³/mol. The highest BCUT2D eigenvalue weighted by Crippen LogP contribution is 2.23. The molecule has 3 aromatic carbocycles. The number of benzene rings is 3. The number of carbonyl (C=O) groups is 2. The van der Waals surface area contributed by atoms with E-state index in [0.717, 1.165) is 37.3 Å². The van der Waals surface area contributed by atoms with Crippen LogP contribution < -0.4 is 4.90 Å². The van der Waals surface area contributed by atoms with E-state index in [1.54, 1.807) is 17.0 Å². The molecule has 0 atom stereocenters. The fourth-order valence-corrected chi connectivity index (χ4v) is 4.19. The summed E-state index contributed by atoms with van der Waals surface area (Å²) in [6.45, 7) is 5.42. The number of aryl methyl sites for hydroxylation is 1. The summed E-state index contributed by atoms with van der Waals surface area (Å²) in [5.74, 6) is -0.365. The summed E-state index contributed by atoms with van der Waals surface area (Å²) < 4.78 is 13.8. The molecule has 0 bridgehead atoms.